The highest BCUT2D eigenvalue weighted by Crippen LogP contribution is 2.14. The van der Waals surface area contributed by atoms with Gasteiger partial charge >= 0.3 is 0 Å². The van der Waals surface area contributed by atoms with E-state index in [2.05, 4.69) is 40.4 Å². The summed E-state index contributed by atoms with van der Waals surface area (Å²) < 4.78 is 0. The number of hydrogen-bond acceptors (Lipinski definition) is 7. The van der Waals surface area contributed by atoms with Crippen molar-refractivity contribution in [1.82, 2.24) is 26.6 Å². The second-order valence-electron chi connectivity index (χ2n) is 11.7. The molecule has 3 unspecified atom stereocenters. The van der Waals surface area contributed by atoms with Crippen LogP contribution in [0.1, 0.15) is 118 Å². The Bertz CT molecular complexity index is 760. The highest BCUT2D eigenvalue weighted by Gasteiger charge is 2.23. The number of carbonyl (C=O) groups is 5. The lowest BCUT2D eigenvalue weighted by Crippen LogP contribution is -2.45. The summed E-state index contributed by atoms with van der Waals surface area (Å²) in [5, 5.41) is 15.2. The molecule has 3 amide bonds. The van der Waals surface area contributed by atoms with E-state index in [1.54, 1.807) is 0 Å². The Labute approximate surface area is 248 Å². The van der Waals surface area contributed by atoms with Crippen LogP contribution in [0.4, 0.5) is 0 Å². The van der Waals surface area contributed by atoms with E-state index in [1.807, 2.05) is 14.1 Å². The zero-order chi connectivity index (χ0) is 31.0. The first-order chi connectivity index (χ1) is 19.5. The Hall–Kier alpha value is -2.33. The normalized spacial score (nSPS) is 13.3. The van der Waals surface area contributed by atoms with Crippen molar-refractivity contribution < 1.29 is 24.0 Å². The average Bonchev–Trinajstić information content (AvgIpc) is 2.86. The molecule has 0 bridgehead atoms. The Morgan fingerprint density at radius 2 is 0.951 bits per heavy atom. The van der Waals surface area contributed by atoms with Gasteiger partial charge in [0.15, 0.2) is 0 Å². The van der Waals surface area contributed by atoms with Gasteiger partial charge in [0.1, 0.15) is 11.6 Å². The number of hydrogen-bond donors (Lipinski definition) is 5. The SMILES string of the molecule is CCCCC(C)CC(=O)NC(CCCCNC)CC(=O)NC(CCCCNC)CC(=O)NC(CC(C)=O)CC(C)=O. The van der Waals surface area contributed by atoms with Crippen molar-refractivity contribution in [2.75, 3.05) is 27.2 Å². The predicted molar refractivity (Wildman–Crippen MR) is 164 cm³/mol. The molecular formula is C31H59N5O5. The third kappa shape index (κ3) is 23.0. The smallest absolute Gasteiger partial charge is 0.222 e. The van der Waals surface area contributed by atoms with Crippen molar-refractivity contribution >= 4 is 29.3 Å². The molecule has 0 aromatic rings. The minimum absolute atomic E-state index is 0.0232. The van der Waals surface area contributed by atoms with Crippen molar-refractivity contribution in [2.24, 2.45) is 5.92 Å². The molecule has 5 N–H and O–H groups in total. The number of amides is 3. The van der Waals surface area contributed by atoms with Gasteiger partial charge in [-0.1, -0.05) is 46.0 Å². The van der Waals surface area contributed by atoms with Crippen molar-refractivity contribution in [2.45, 2.75) is 136 Å². The first-order valence-electron chi connectivity index (χ1n) is 15.7. The summed E-state index contributed by atoms with van der Waals surface area (Å²) >= 11 is 0. The second-order valence-corrected chi connectivity index (χ2v) is 11.7. The van der Waals surface area contributed by atoms with Gasteiger partial charge in [0, 0.05) is 50.2 Å². The zero-order valence-electron chi connectivity index (χ0n) is 26.7. The molecule has 0 aromatic carbocycles. The van der Waals surface area contributed by atoms with E-state index in [0.29, 0.717) is 25.2 Å². The van der Waals surface area contributed by atoms with Crippen molar-refractivity contribution in [3.63, 3.8) is 0 Å². The summed E-state index contributed by atoms with van der Waals surface area (Å²) in [4.78, 5) is 62.1. The molecule has 41 heavy (non-hydrogen) atoms. The van der Waals surface area contributed by atoms with Gasteiger partial charge < -0.3 is 26.6 Å². The minimum atomic E-state index is -0.546. The van der Waals surface area contributed by atoms with Crippen LogP contribution in [0.15, 0.2) is 0 Å². The van der Waals surface area contributed by atoms with Crippen LogP contribution in [-0.2, 0) is 24.0 Å². The summed E-state index contributed by atoms with van der Waals surface area (Å²) in [6.45, 7) is 8.81. The fourth-order valence-corrected chi connectivity index (χ4v) is 4.98. The highest BCUT2D eigenvalue weighted by atomic mass is 16.2. The van der Waals surface area contributed by atoms with Crippen LogP contribution in [0.3, 0.4) is 0 Å². The summed E-state index contributed by atoms with van der Waals surface area (Å²) in [5.41, 5.74) is 0. The molecule has 0 saturated heterocycles. The molecule has 0 heterocycles. The van der Waals surface area contributed by atoms with Crippen molar-refractivity contribution in [3.05, 3.63) is 0 Å². The first kappa shape index (κ1) is 38.7. The van der Waals surface area contributed by atoms with E-state index in [-0.39, 0.29) is 67.1 Å². The third-order valence-corrected chi connectivity index (χ3v) is 7.07. The molecule has 0 aromatic heterocycles. The average molecular weight is 582 g/mol. The fraction of sp³-hybridized carbons (Fsp3) is 0.839. The van der Waals surface area contributed by atoms with Gasteiger partial charge in [-0.25, -0.2) is 0 Å². The van der Waals surface area contributed by atoms with Crippen LogP contribution in [0.5, 0.6) is 0 Å². The molecule has 0 aliphatic heterocycles. The molecule has 0 radical (unpaired) electrons. The van der Waals surface area contributed by atoms with E-state index in [1.165, 1.54) is 13.8 Å². The Kier molecular flexibility index (Phi) is 22.9. The zero-order valence-corrected chi connectivity index (χ0v) is 26.7. The summed E-state index contributed by atoms with van der Waals surface area (Å²) in [5.74, 6) is -0.422. The molecule has 0 rings (SSSR count). The van der Waals surface area contributed by atoms with E-state index in [9.17, 15) is 24.0 Å². The van der Waals surface area contributed by atoms with Crippen LogP contribution in [0.25, 0.3) is 0 Å². The van der Waals surface area contributed by atoms with Crippen LogP contribution in [0, 0.1) is 5.92 Å². The molecule has 0 spiro atoms. The molecule has 0 fully saturated rings. The maximum Gasteiger partial charge on any atom is 0.222 e. The van der Waals surface area contributed by atoms with Gasteiger partial charge in [0.05, 0.1) is 0 Å². The first-order valence-corrected chi connectivity index (χ1v) is 15.7. The van der Waals surface area contributed by atoms with Crippen LogP contribution >= 0.6 is 0 Å². The van der Waals surface area contributed by atoms with Crippen LogP contribution in [0.2, 0.25) is 0 Å². The topological polar surface area (TPSA) is 146 Å². The van der Waals surface area contributed by atoms with Gasteiger partial charge in [0.2, 0.25) is 17.7 Å². The lowest BCUT2D eigenvalue weighted by molar-refractivity contribution is -0.125. The van der Waals surface area contributed by atoms with Crippen molar-refractivity contribution in [1.29, 1.82) is 0 Å². The quantitative estimate of drug-likeness (QED) is 0.0987. The Morgan fingerprint density at radius 3 is 1.34 bits per heavy atom. The largest absolute Gasteiger partial charge is 0.353 e. The standard InChI is InChI=1S/C31H59N5O5/c1-7-8-13-23(2)18-29(39)34-26(14-9-11-16-32-5)21-30(40)35-27(15-10-12-17-33-6)22-31(41)36-28(19-24(3)37)20-25(4)38/h23,26-28,32-33H,7-22H2,1-6H3,(H,34,39)(H,35,40)(H,36,41). The summed E-state index contributed by atoms with van der Waals surface area (Å²) in [6, 6.07) is -1.20. The number of carbonyl (C=O) groups excluding carboxylic acids is 5. The third-order valence-electron chi connectivity index (χ3n) is 7.07. The molecule has 3 atom stereocenters. The van der Waals surface area contributed by atoms with Gasteiger partial charge in [-0.15, -0.1) is 0 Å². The van der Waals surface area contributed by atoms with E-state index in [4.69, 9.17) is 0 Å². The molecule has 10 nitrogen and oxygen atoms in total. The number of Topliss-reactive ketones (excluding diaryl/α,β-unsaturated/α-hetero) is 2. The number of ketones is 2. The molecular weight excluding hydrogens is 522 g/mol. The Morgan fingerprint density at radius 1 is 0.537 bits per heavy atom. The predicted octanol–water partition coefficient (Wildman–Crippen LogP) is 3.18. The summed E-state index contributed by atoms with van der Waals surface area (Å²) in [6.07, 6.45) is 8.94. The fourth-order valence-electron chi connectivity index (χ4n) is 4.98. The van der Waals surface area contributed by atoms with E-state index >= 15 is 0 Å². The molecule has 0 aliphatic carbocycles. The van der Waals surface area contributed by atoms with Crippen molar-refractivity contribution in [3.8, 4) is 0 Å². The number of unbranched alkanes of at least 4 members (excludes halogenated alkanes) is 3. The number of rotatable bonds is 26. The second kappa shape index (κ2) is 24.3. The minimum Gasteiger partial charge on any atom is -0.353 e. The van der Waals surface area contributed by atoms with E-state index < -0.39 is 6.04 Å². The maximum atomic E-state index is 13.2. The van der Waals surface area contributed by atoms with E-state index in [0.717, 1.165) is 58.0 Å². The molecule has 10 heteroatoms. The van der Waals surface area contributed by atoms with Crippen LogP contribution < -0.4 is 26.6 Å². The van der Waals surface area contributed by atoms with Gasteiger partial charge in [-0.05, 0) is 72.6 Å². The van der Waals surface area contributed by atoms with Gasteiger partial charge in [0.25, 0.3) is 0 Å². The lowest BCUT2D eigenvalue weighted by Gasteiger charge is -2.24. The van der Waals surface area contributed by atoms with Crippen LogP contribution in [-0.4, -0.2) is 74.6 Å². The summed E-state index contributed by atoms with van der Waals surface area (Å²) in [7, 11) is 3.78. The monoisotopic (exact) mass is 581 g/mol. The lowest BCUT2D eigenvalue weighted by atomic mass is 9.99. The molecule has 0 aliphatic rings. The van der Waals surface area contributed by atoms with Gasteiger partial charge in [-0.2, -0.15) is 0 Å². The number of nitrogens with one attached hydrogen (secondary N) is 5. The Balaban J connectivity index is 5.31. The van der Waals surface area contributed by atoms with Gasteiger partial charge in [-0.3, -0.25) is 24.0 Å². The molecule has 0 saturated carbocycles. The maximum absolute atomic E-state index is 13.2. The molecule has 238 valence electrons. The highest BCUT2D eigenvalue weighted by molar-refractivity contribution is 5.84.